The van der Waals surface area contributed by atoms with Crippen molar-refractivity contribution in [2.45, 2.75) is 37.9 Å². The fourth-order valence-corrected chi connectivity index (χ4v) is 3.04. The highest BCUT2D eigenvalue weighted by atomic mass is 16.3. The van der Waals surface area contributed by atoms with Crippen molar-refractivity contribution in [2.75, 3.05) is 6.54 Å². The Kier molecular flexibility index (Phi) is 3.33. The van der Waals surface area contributed by atoms with Crippen LogP contribution < -0.4 is 5.32 Å². The maximum absolute atomic E-state index is 12.5. The first-order valence-electron chi connectivity index (χ1n) is 6.93. The van der Waals surface area contributed by atoms with Crippen molar-refractivity contribution in [3.63, 3.8) is 0 Å². The Balaban J connectivity index is 1.75. The number of nitriles is 1. The van der Waals surface area contributed by atoms with Crippen molar-refractivity contribution in [2.24, 2.45) is 0 Å². The average molecular weight is 271 g/mol. The zero-order valence-electron chi connectivity index (χ0n) is 11.2. The molecule has 0 aromatic heterocycles. The molecular weight excluding hydrogens is 254 g/mol. The Hall–Kier alpha value is -2.06. The van der Waals surface area contributed by atoms with E-state index in [-0.39, 0.29) is 23.7 Å². The number of carbonyl (C=O) groups is 1. The number of aromatic hydroxyl groups is 1. The first-order chi connectivity index (χ1) is 9.69. The number of nitrogens with one attached hydrogen (secondary N) is 1. The van der Waals surface area contributed by atoms with Gasteiger partial charge < -0.3 is 15.3 Å². The molecule has 2 heterocycles. The van der Waals surface area contributed by atoms with Gasteiger partial charge in [-0.25, -0.2) is 0 Å². The monoisotopic (exact) mass is 271 g/mol. The van der Waals surface area contributed by atoms with Gasteiger partial charge in [-0.3, -0.25) is 4.79 Å². The lowest BCUT2D eigenvalue weighted by molar-refractivity contribution is -0.133. The third kappa shape index (κ3) is 2.23. The molecule has 0 unspecified atom stereocenters. The zero-order chi connectivity index (χ0) is 14.1. The van der Waals surface area contributed by atoms with Crippen LogP contribution in [-0.2, 0) is 17.8 Å². The molecule has 0 saturated carbocycles. The SMILES string of the molecule is N#C[C@H]1CCCN1C(=O)[C@@H]1Cc2ccc(O)cc2CN1. The summed E-state index contributed by atoms with van der Waals surface area (Å²) in [6, 6.07) is 6.93. The molecule has 0 radical (unpaired) electrons. The zero-order valence-corrected chi connectivity index (χ0v) is 11.2. The number of carbonyl (C=O) groups excluding carboxylic acids is 1. The van der Waals surface area contributed by atoms with Crippen molar-refractivity contribution in [1.29, 1.82) is 5.26 Å². The van der Waals surface area contributed by atoms with Crippen molar-refractivity contribution >= 4 is 5.91 Å². The van der Waals surface area contributed by atoms with Gasteiger partial charge in [-0.15, -0.1) is 0 Å². The topological polar surface area (TPSA) is 76.4 Å². The van der Waals surface area contributed by atoms with Crippen molar-refractivity contribution in [1.82, 2.24) is 10.2 Å². The van der Waals surface area contributed by atoms with Crippen LogP contribution >= 0.6 is 0 Å². The lowest BCUT2D eigenvalue weighted by Gasteiger charge is -2.30. The van der Waals surface area contributed by atoms with E-state index in [1.165, 1.54) is 0 Å². The van der Waals surface area contributed by atoms with Gasteiger partial charge in [0.25, 0.3) is 0 Å². The van der Waals surface area contributed by atoms with Crippen LogP contribution in [0.3, 0.4) is 0 Å². The molecule has 2 aliphatic heterocycles. The molecule has 2 N–H and O–H groups in total. The van der Waals surface area contributed by atoms with Crippen LogP contribution in [0.2, 0.25) is 0 Å². The van der Waals surface area contributed by atoms with Crippen LogP contribution in [-0.4, -0.2) is 34.5 Å². The van der Waals surface area contributed by atoms with Gasteiger partial charge in [-0.1, -0.05) is 6.07 Å². The third-order valence-corrected chi connectivity index (χ3v) is 4.14. The second-order valence-corrected chi connectivity index (χ2v) is 5.41. The van der Waals surface area contributed by atoms with Crippen LogP contribution in [0.5, 0.6) is 5.75 Å². The van der Waals surface area contributed by atoms with Gasteiger partial charge in [0.1, 0.15) is 11.8 Å². The van der Waals surface area contributed by atoms with E-state index in [0.717, 1.165) is 24.0 Å². The molecule has 1 saturated heterocycles. The van der Waals surface area contributed by atoms with Crippen molar-refractivity contribution < 1.29 is 9.90 Å². The first kappa shape index (κ1) is 12.9. The fourth-order valence-electron chi connectivity index (χ4n) is 3.04. The quantitative estimate of drug-likeness (QED) is 0.796. The molecule has 104 valence electrons. The number of phenolic OH excluding ortho intramolecular Hbond substituents is 1. The summed E-state index contributed by atoms with van der Waals surface area (Å²) in [5.41, 5.74) is 2.12. The summed E-state index contributed by atoms with van der Waals surface area (Å²) in [6.07, 6.45) is 2.30. The van der Waals surface area contributed by atoms with E-state index in [1.54, 1.807) is 17.0 Å². The minimum Gasteiger partial charge on any atom is -0.508 e. The highest BCUT2D eigenvalue weighted by Gasteiger charge is 2.34. The number of nitrogens with zero attached hydrogens (tertiary/aromatic N) is 2. The summed E-state index contributed by atoms with van der Waals surface area (Å²) < 4.78 is 0. The molecule has 0 aliphatic carbocycles. The molecule has 5 heteroatoms. The maximum Gasteiger partial charge on any atom is 0.241 e. The number of amides is 1. The van der Waals surface area contributed by atoms with Gasteiger partial charge in [-0.2, -0.15) is 5.26 Å². The predicted octanol–water partition coefficient (Wildman–Crippen LogP) is 0.921. The molecule has 0 bridgehead atoms. The molecule has 1 aromatic rings. The summed E-state index contributed by atoms with van der Waals surface area (Å²) in [7, 11) is 0. The van der Waals surface area contributed by atoms with Gasteiger partial charge in [-0.05, 0) is 42.5 Å². The van der Waals surface area contributed by atoms with E-state index < -0.39 is 0 Å². The number of phenols is 1. The summed E-state index contributed by atoms with van der Waals surface area (Å²) in [5.74, 6) is 0.271. The van der Waals surface area contributed by atoms with Crippen LogP contribution in [0.25, 0.3) is 0 Å². The largest absolute Gasteiger partial charge is 0.508 e. The second-order valence-electron chi connectivity index (χ2n) is 5.41. The molecule has 2 aliphatic rings. The molecule has 3 rings (SSSR count). The smallest absolute Gasteiger partial charge is 0.241 e. The number of likely N-dealkylation sites (tertiary alicyclic amines) is 1. The summed E-state index contributed by atoms with van der Waals surface area (Å²) in [5, 5.41) is 21.8. The standard InChI is InChI=1S/C15H17N3O2/c16-8-12-2-1-5-18(12)15(20)14-7-10-3-4-13(19)6-11(10)9-17-14/h3-4,6,12,14,17,19H,1-2,5,7,9H2/t12-,14+/m1/s1. The van der Waals surface area contributed by atoms with Gasteiger partial charge in [0, 0.05) is 13.1 Å². The number of benzene rings is 1. The summed E-state index contributed by atoms with van der Waals surface area (Å²) >= 11 is 0. The molecule has 1 fully saturated rings. The van der Waals surface area contributed by atoms with E-state index in [1.807, 2.05) is 6.07 Å². The van der Waals surface area contributed by atoms with E-state index >= 15 is 0 Å². The molecule has 2 atom stereocenters. The van der Waals surface area contributed by atoms with Gasteiger partial charge in [0.05, 0.1) is 12.1 Å². The molecular formula is C15H17N3O2. The fraction of sp³-hybridized carbons (Fsp3) is 0.467. The predicted molar refractivity (Wildman–Crippen MR) is 72.8 cm³/mol. The number of hydrogen-bond donors (Lipinski definition) is 2. The third-order valence-electron chi connectivity index (χ3n) is 4.14. The van der Waals surface area contributed by atoms with Crippen LogP contribution in [0.4, 0.5) is 0 Å². The van der Waals surface area contributed by atoms with E-state index in [4.69, 9.17) is 5.26 Å². The van der Waals surface area contributed by atoms with E-state index in [9.17, 15) is 9.90 Å². The lowest BCUT2D eigenvalue weighted by atomic mass is 9.95. The highest BCUT2D eigenvalue weighted by molar-refractivity contribution is 5.83. The molecule has 5 nitrogen and oxygen atoms in total. The van der Waals surface area contributed by atoms with Crippen LogP contribution in [0.15, 0.2) is 18.2 Å². The Morgan fingerprint density at radius 2 is 2.30 bits per heavy atom. The molecule has 0 spiro atoms. The number of hydrogen-bond acceptors (Lipinski definition) is 4. The van der Waals surface area contributed by atoms with Crippen LogP contribution in [0.1, 0.15) is 24.0 Å². The minimum absolute atomic E-state index is 0.0211. The van der Waals surface area contributed by atoms with Gasteiger partial charge in [0.2, 0.25) is 5.91 Å². The average Bonchev–Trinajstić information content (AvgIpc) is 2.94. The second kappa shape index (κ2) is 5.14. The highest BCUT2D eigenvalue weighted by Crippen LogP contribution is 2.24. The Morgan fingerprint density at radius 1 is 1.45 bits per heavy atom. The number of fused-ring (bicyclic) bond motifs is 1. The first-order valence-corrected chi connectivity index (χ1v) is 6.93. The molecule has 1 aromatic carbocycles. The van der Waals surface area contributed by atoms with Crippen LogP contribution in [0, 0.1) is 11.3 Å². The summed E-state index contributed by atoms with van der Waals surface area (Å²) in [6.45, 7) is 1.25. The molecule has 20 heavy (non-hydrogen) atoms. The van der Waals surface area contributed by atoms with E-state index in [0.29, 0.717) is 19.5 Å². The maximum atomic E-state index is 12.5. The Morgan fingerprint density at radius 3 is 3.10 bits per heavy atom. The Labute approximate surface area is 117 Å². The number of rotatable bonds is 1. The van der Waals surface area contributed by atoms with E-state index in [2.05, 4.69) is 11.4 Å². The lowest BCUT2D eigenvalue weighted by Crippen LogP contribution is -2.50. The summed E-state index contributed by atoms with van der Waals surface area (Å²) in [4.78, 5) is 14.2. The molecule has 1 amide bonds. The minimum atomic E-state index is -0.273. The van der Waals surface area contributed by atoms with Gasteiger partial charge in [0.15, 0.2) is 0 Å². The van der Waals surface area contributed by atoms with Crippen molar-refractivity contribution in [3.05, 3.63) is 29.3 Å². The van der Waals surface area contributed by atoms with Gasteiger partial charge >= 0.3 is 0 Å². The van der Waals surface area contributed by atoms with Crippen molar-refractivity contribution in [3.8, 4) is 11.8 Å². The Bertz CT molecular complexity index is 579. The normalized spacial score (nSPS) is 25.1.